The molecule has 17 heteroatoms. The quantitative estimate of drug-likeness (QED) is 0.0539. The number of carbonyl (C=O) groups is 2. The molecule has 0 unspecified atom stereocenters. The van der Waals surface area contributed by atoms with Crippen LogP contribution in [0.4, 0.5) is 11.4 Å². The van der Waals surface area contributed by atoms with Crippen molar-refractivity contribution >= 4 is 49.0 Å². The Balaban J connectivity index is 0. The molecule has 0 aliphatic rings. The summed E-state index contributed by atoms with van der Waals surface area (Å²) in [6.07, 6.45) is 0. The minimum absolute atomic E-state index is 0. The van der Waals surface area contributed by atoms with Gasteiger partial charge >= 0.3 is 59.1 Å². The SMILES string of the molecule is CC(=O)/C(=N\Nc1cc(S(=O)(=O)O)cc(S(=O)(=O)O)c1O)C(=O)Nc1ccccc1.[Cu].[Na+].[Na+]. The second kappa shape index (κ2) is 13.9. The maximum absolute atomic E-state index is 12.3. The monoisotopic (exact) mass is 566 g/mol. The number of phenols is 1. The van der Waals surface area contributed by atoms with Crippen LogP contribution in [-0.4, -0.2) is 48.4 Å². The van der Waals surface area contributed by atoms with Gasteiger partial charge in [-0.1, -0.05) is 18.2 Å². The summed E-state index contributed by atoms with van der Waals surface area (Å²) in [6.45, 7) is 1.00. The Bertz CT molecular complexity index is 1260. The fourth-order valence-electron chi connectivity index (χ4n) is 2.13. The van der Waals surface area contributed by atoms with Crippen LogP contribution in [-0.2, 0) is 46.9 Å². The number of carbonyl (C=O) groups excluding carboxylic acids is 2. The molecule has 0 atom stereocenters. The van der Waals surface area contributed by atoms with Crippen LogP contribution in [0.1, 0.15) is 6.92 Å². The zero-order valence-corrected chi connectivity index (χ0v) is 24.0. The standard InChI is InChI=1S/C16H15N3O9S2.Cu.2Na/c1-9(20)14(16(22)17-10-5-3-2-4-6-10)19-18-12-7-11(29(23,24)25)8-13(15(12)21)30(26,27)28;;;/h2-8,18,21H,1H3,(H,17,22)(H,23,24,25)(H,26,27,28);;;/q;;2*+1/b19-14+;;;. The van der Waals surface area contributed by atoms with Crippen LogP contribution < -0.4 is 69.9 Å². The Labute approximate surface area is 244 Å². The Kier molecular flexibility index (Phi) is 14.5. The molecule has 2 aromatic rings. The molecule has 0 spiro atoms. The van der Waals surface area contributed by atoms with Gasteiger partial charge in [0.1, 0.15) is 10.6 Å². The molecule has 0 bridgehead atoms. The van der Waals surface area contributed by atoms with E-state index in [0.717, 1.165) is 6.92 Å². The molecule has 0 fully saturated rings. The molecule has 12 nitrogen and oxygen atoms in total. The molecule has 0 heterocycles. The molecular formula is C16H15CuN3Na2O9S2+2. The molecular weight excluding hydrogens is 552 g/mol. The first-order valence-corrected chi connectivity index (χ1v) is 10.7. The number of anilines is 2. The molecule has 1 radical (unpaired) electrons. The van der Waals surface area contributed by atoms with Gasteiger partial charge in [-0.15, -0.1) is 0 Å². The van der Waals surface area contributed by atoms with Crippen molar-refractivity contribution < 1.29 is 117 Å². The molecule has 0 aliphatic carbocycles. The Morgan fingerprint density at radius 1 is 0.939 bits per heavy atom. The van der Waals surface area contributed by atoms with E-state index in [1.807, 2.05) is 5.43 Å². The Hall–Kier alpha value is -0.811. The van der Waals surface area contributed by atoms with Crippen molar-refractivity contribution in [1.82, 2.24) is 0 Å². The van der Waals surface area contributed by atoms with E-state index < -0.39 is 58.9 Å². The normalized spacial score (nSPS) is 11.2. The van der Waals surface area contributed by atoms with Gasteiger partial charge in [0, 0.05) is 29.7 Å². The van der Waals surface area contributed by atoms with Crippen LogP contribution in [0.2, 0.25) is 0 Å². The third kappa shape index (κ3) is 9.76. The van der Waals surface area contributed by atoms with E-state index in [9.17, 15) is 31.5 Å². The van der Waals surface area contributed by atoms with Gasteiger partial charge in [0.05, 0.1) is 4.90 Å². The topological polar surface area (TPSA) is 200 Å². The van der Waals surface area contributed by atoms with Crippen LogP contribution in [0.3, 0.4) is 0 Å². The zero-order chi connectivity index (χ0) is 22.7. The van der Waals surface area contributed by atoms with Crippen molar-refractivity contribution in [3.8, 4) is 5.75 Å². The third-order valence-corrected chi connectivity index (χ3v) is 5.19. The van der Waals surface area contributed by atoms with E-state index in [4.69, 9.17) is 9.11 Å². The molecule has 0 saturated heterocycles. The summed E-state index contributed by atoms with van der Waals surface area (Å²) in [5.74, 6) is -2.95. The zero-order valence-electron chi connectivity index (χ0n) is 17.4. The summed E-state index contributed by atoms with van der Waals surface area (Å²) in [6, 6.07) is 8.88. The largest absolute Gasteiger partial charge is 1.00 e. The van der Waals surface area contributed by atoms with Crippen molar-refractivity contribution in [3.05, 3.63) is 42.5 Å². The summed E-state index contributed by atoms with van der Waals surface area (Å²) >= 11 is 0. The molecule has 0 aliphatic heterocycles. The molecule has 171 valence electrons. The van der Waals surface area contributed by atoms with Crippen LogP contribution in [0.5, 0.6) is 5.75 Å². The number of Topliss-reactive ketones (excluding diaryl/α,β-unsaturated/α-hetero) is 1. The molecule has 1 amide bonds. The van der Waals surface area contributed by atoms with Crippen LogP contribution in [0.25, 0.3) is 0 Å². The van der Waals surface area contributed by atoms with Crippen LogP contribution >= 0.6 is 0 Å². The van der Waals surface area contributed by atoms with Crippen molar-refractivity contribution in [1.29, 1.82) is 0 Å². The van der Waals surface area contributed by atoms with Crippen molar-refractivity contribution in [2.75, 3.05) is 10.7 Å². The number of rotatable bonds is 7. The number of phenolic OH excluding ortho intramolecular Hbond substituents is 1. The van der Waals surface area contributed by atoms with Crippen LogP contribution in [0.15, 0.2) is 57.4 Å². The summed E-state index contributed by atoms with van der Waals surface area (Å²) in [5, 5.41) is 15.9. The van der Waals surface area contributed by atoms with E-state index in [0.29, 0.717) is 17.8 Å². The van der Waals surface area contributed by atoms with E-state index in [2.05, 4.69) is 10.4 Å². The molecule has 2 aromatic carbocycles. The summed E-state index contributed by atoms with van der Waals surface area (Å²) in [7, 11) is -10.1. The second-order valence-electron chi connectivity index (χ2n) is 5.72. The van der Waals surface area contributed by atoms with Gasteiger partial charge in [0.2, 0.25) is 0 Å². The molecule has 5 N–H and O–H groups in total. The first-order valence-electron chi connectivity index (χ1n) is 7.83. The average Bonchev–Trinajstić information content (AvgIpc) is 2.61. The number of amides is 1. The molecule has 33 heavy (non-hydrogen) atoms. The predicted octanol–water partition coefficient (Wildman–Crippen LogP) is -5.11. The van der Waals surface area contributed by atoms with Crippen molar-refractivity contribution in [2.24, 2.45) is 5.10 Å². The van der Waals surface area contributed by atoms with Crippen molar-refractivity contribution in [3.63, 3.8) is 0 Å². The van der Waals surface area contributed by atoms with E-state index >= 15 is 0 Å². The van der Waals surface area contributed by atoms with Gasteiger partial charge in [-0.3, -0.25) is 24.1 Å². The number of para-hydroxylation sites is 1. The minimum Gasteiger partial charge on any atom is -0.504 e. The summed E-state index contributed by atoms with van der Waals surface area (Å²) < 4.78 is 63.8. The van der Waals surface area contributed by atoms with Crippen LogP contribution in [0, 0.1) is 0 Å². The number of nitrogens with zero attached hydrogens (tertiary/aromatic N) is 1. The van der Waals surface area contributed by atoms with Gasteiger partial charge in [-0.25, -0.2) is 0 Å². The van der Waals surface area contributed by atoms with Gasteiger partial charge in [0.25, 0.3) is 26.1 Å². The number of hydrazone groups is 1. The minimum atomic E-state index is -5.11. The average molecular weight is 567 g/mol. The summed E-state index contributed by atoms with van der Waals surface area (Å²) in [5.41, 5.74) is 0.889. The van der Waals surface area contributed by atoms with Gasteiger partial charge < -0.3 is 10.4 Å². The van der Waals surface area contributed by atoms with E-state index in [-0.39, 0.29) is 76.2 Å². The van der Waals surface area contributed by atoms with Gasteiger partial charge in [-0.2, -0.15) is 21.9 Å². The van der Waals surface area contributed by atoms with Crippen molar-refractivity contribution in [2.45, 2.75) is 16.7 Å². The number of hydrogen-bond donors (Lipinski definition) is 5. The fraction of sp³-hybridized carbons (Fsp3) is 0.0625. The maximum atomic E-state index is 12.3. The first kappa shape index (κ1) is 34.4. The number of hydrogen-bond acceptors (Lipinski definition) is 9. The van der Waals surface area contributed by atoms with Gasteiger partial charge in [0.15, 0.2) is 17.2 Å². The molecule has 0 saturated carbocycles. The number of nitrogens with one attached hydrogen (secondary N) is 2. The predicted molar refractivity (Wildman–Crippen MR) is 105 cm³/mol. The number of aromatic hydroxyl groups is 1. The summed E-state index contributed by atoms with van der Waals surface area (Å²) in [4.78, 5) is 21.8. The molecule has 2 rings (SSSR count). The maximum Gasteiger partial charge on any atom is 1.00 e. The van der Waals surface area contributed by atoms with E-state index in [1.165, 1.54) is 12.1 Å². The van der Waals surface area contributed by atoms with E-state index in [1.54, 1.807) is 18.2 Å². The Morgan fingerprint density at radius 3 is 1.94 bits per heavy atom. The number of benzene rings is 2. The first-order chi connectivity index (χ1) is 13.8. The second-order valence-corrected chi connectivity index (χ2v) is 8.53. The number of ketones is 1. The van der Waals surface area contributed by atoms with Gasteiger partial charge in [-0.05, 0) is 24.3 Å². The third-order valence-electron chi connectivity index (χ3n) is 3.49. The molecule has 0 aromatic heterocycles. The fourth-order valence-corrected chi connectivity index (χ4v) is 3.37. The Morgan fingerprint density at radius 2 is 1.48 bits per heavy atom. The smallest absolute Gasteiger partial charge is 0.504 e.